The summed E-state index contributed by atoms with van der Waals surface area (Å²) in [7, 11) is 4.69. The molecule has 1 aliphatic carbocycles. The van der Waals surface area contributed by atoms with Gasteiger partial charge in [0, 0.05) is 17.6 Å². The Morgan fingerprint density at radius 3 is 2.40 bits per heavy atom. The first kappa shape index (κ1) is 26.1. The van der Waals surface area contributed by atoms with E-state index in [4.69, 9.17) is 23.7 Å². The first-order chi connectivity index (χ1) is 19.4. The summed E-state index contributed by atoms with van der Waals surface area (Å²) >= 11 is 1.10. The van der Waals surface area contributed by atoms with Gasteiger partial charge in [-0.05, 0) is 78.4 Å². The van der Waals surface area contributed by atoms with E-state index in [0.29, 0.717) is 57.7 Å². The summed E-state index contributed by atoms with van der Waals surface area (Å²) < 4.78 is 37.0. The predicted octanol–water partition coefficient (Wildman–Crippen LogP) is 4.90. The number of carbonyl (C=O) groups is 1. The zero-order valence-electron chi connectivity index (χ0n) is 22.3. The monoisotopic (exact) mass is 560 g/mol. The van der Waals surface area contributed by atoms with Gasteiger partial charge in [0.25, 0.3) is 5.79 Å². The van der Waals surface area contributed by atoms with Crippen LogP contribution in [0.4, 0.5) is 0 Å². The highest BCUT2D eigenvalue weighted by molar-refractivity contribution is 7.00. The molecule has 1 unspecified atom stereocenters. The molecule has 1 fully saturated rings. The quantitative estimate of drug-likeness (QED) is 0.271. The second-order valence-corrected chi connectivity index (χ2v) is 10.4. The van der Waals surface area contributed by atoms with Crippen LogP contribution in [0.2, 0.25) is 0 Å². The Morgan fingerprint density at radius 2 is 1.70 bits per heavy atom. The van der Waals surface area contributed by atoms with Gasteiger partial charge in [0.15, 0.2) is 11.5 Å². The van der Waals surface area contributed by atoms with Crippen molar-refractivity contribution in [2.24, 2.45) is 5.92 Å². The number of rotatable bonds is 10. The minimum atomic E-state index is -2.02. The number of carbonyl (C=O) groups excluding carboxylic acids is 1. The van der Waals surface area contributed by atoms with Gasteiger partial charge in [-0.2, -0.15) is 8.75 Å². The van der Waals surface area contributed by atoms with E-state index in [0.717, 1.165) is 35.6 Å². The lowest BCUT2D eigenvalue weighted by atomic mass is 9.88. The number of esters is 1. The van der Waals surface area contributed by atoms with Gasteiger partial charge in [0.1, 0.15) is 16.8 Å². The lowest BCUT2D eigenvalue weighted by Gasteiger charge is -2.26. The van der Waals surface area contributed by atoms with E-state index in [1.807, 2.05) is 12.1 Å². The molecule has 1 saturated carbocycles. The van der Waals surface area contributed by atoms with Crippen LogP contribution in [-0.2, 0) is 21.7 Å². The van der Waals surface area contributed by atoms with Gasteiger partial charge in [-0.25, -0.2) is 4.79 Å². The van der Waals surface area contributed by atoms with Crippen molar-refractivity contribution in [3.63, 3.8) is 0 Å². The van der Waals surface area contributed by atoms with Gasteiger partial charge in [-0.1, -0.05) is 6.07 Å². The van der Waals surface area contributed by atoms with Crippen LogP contribution in [0, 0.1) is 5.92 Å². The Balaban J connectivity index is 1.49. The molecule has 3 aromatic carbocycles. The number of hydrogen-bond donors (Lipinski definition) is 1. The molecule has 206 valence electrons. The molecule has 2 aliphatic rings. The number of aromatic nitrogens is 2. The third-order valence-corrected chi connectivity index (χ3v) is 7.79. The van der Waals surface area contributed by atoms with Crippen LogP contribution in [0.3, 0.4) is 0 Å². The molecule has 0 saturated heterocycles. The Hall–Kier alpha value is -4.15. The zero-order valence-corrected chi connectivity index (χ0v) is 23.1. The molecule has 9 nitrogen and oxygen atoms in total. The van der Waals surface area contributed by atoms with Gasteiger partial charge in [0.2, 0.25) is 5.75 Å². The van der Waals surface area contributed by atoms with E-state index >= 15 is 0 Å². The third-order valence-electron chi connectivity index (χ3n) is 7.24. The number of cyclic esters (lactones) is 1. The van der Waals surface area contributed by atoms with Crippen LogP contribution in [0.15, 0.2) is 60.2 Å². The van der Waals surface area contributed by atoms with Crippen molar-refractivity contribution in [2.75, 3.05) is 27.9 Å². The normalized spacial score (nSPS) is 18.6. The highest BCUT2D eigenvalue weighted by Crippen LogP contribution is 2.47. The van der Waals surface area contributed by atoms with Crippen molar-refractivity contribution in [3.05, 3.63) is 76.9 Å². The molecule has 0 spiro atoms. The van der Waals surface area contributed by atoms with E-state index in [9.17, 15) is 9.90 Å². The van der Waals surface area contributed by atoms with Crippen molar-refractivity contribution >= 4 is 34.3 Å². The number of benzene rings is 3. The average Bonchev–Trinajstić information content (AvgIpc) is 3.62. The molecular weight excluding hydrogens is 532 g/mol. The molecule has 0 radical (unpaired) electrons. The summed E-state index contributed by atoms with van der Waals surface area (Å²) in [5.74, 6) is 0.00971. The maximum Gasteiger partial charge on any atom is 0.342 e. The number of ether oxygens (including phenoxy) is 5. The summed E-state index contributed by atoms with van der Waals surface area (Å²) in [5, 5.41) is 12.0. The third kappa shape index (κ3) is 4.73. The van der Waals surface area contributed by atoms with Crippen molar-refractivity contribution < 1.29 is 33.6 Å². The number of nitrogens with zero attached hydrogens (tertiary/aromatic N) is 2. The fraction of sp³-hybridized carbons (Fsp3) is 0.300. The Labute approximate surface area is 235 Å². The van der Waals surface area contributed by atoms with E-state index in [2.05, 4.69) is 8.75 Å². The first-order valence-electron chi connectivity index (χ1n) is 12.9. The molecule has 4 aromatic rings. The maximum atomic E-state index is 13.5. The minimum absolute atomic E-state index is 0.164. The molecule has 10 heteroatoms. The molecule has 1 atom stereocenters. The summed E-state index contributed by atoms with van der Waals surface area (Å²) in [6, 6.07) is 15.8. The molecular formula is C30H28N2O7S. The molecule has 40 heavy (non-hydrogen) atoms. The van der Waals surface area contributed by atoms with E-state index < -0.39 is 11.8 Å². The van der Waals surface area contributed by atoms with Gasteiger partial charge < -0.3 is 28.8 Å². The van der Waals surface area contributed by atoms with Crippen molar-refractivity contribution in [1.82, 2.24) is 8.75 Å². The van der Waals surface area contributed by atoms with Crippen LogP contribution in [0.5, 0.6) is 23.0 Å². The SMILES string of the molecule is COc1ccc(C2(O)OC(=O)C(c3ccc4nsnc4c3)=C2Cc2cc(OC)c(OC)c(OCC3CC3)c2)cc1. The van der Waals surface area contributed by atoms with Crippen molar-refractivity contribution in [1.29, 1.82) is 0 Å². The summed E-state index contributed by atoms with van der Waals surface area (Å²) in [6.45, 7) is 0.579. The van der Waals surface area contributed by atoms with E-state index in [1.54, 1.807) is 63.8 Å². The molecule has 1 aromatic heterocycles. The van der Waals surface area contributed by atoms with Gasteiger partial charge in [0.05, 0.1) is 45.2 Å². The molecule has 2 heterocycles. The molecule has 6 rings (SSSR count). The molecule has 1 N–H and O–H groups in total. The Kier molecular flexibility index (Phi) is 6.81. The summed E-state index contributed by atoms with van der Waals surface area (Å²) in [4.78, 5) is 13.5. The minimum Gasteiger partial charge on any atom is -0.497 e. The number of aliphatic hydroxyl groups is 1. The number of methoxy groups -OCH3 is 3. The van der Waals surface area contributed by atoms with Crippen molar-refractivity contribution in [2.45, 2.75) is 25.0 Å². The maximum absolute atomic E-state index is 13.5. The fourth-order valence-corrected chi connectivity index (χ4v) is 5.43. The van der Waals surface area contributed by atoms with E-state index in [-0.39, 0.29) is 12.0 Å². The standard InChI is InChI=1S/C30H28N2O7S/c1-35-21-9-7-20(8-10-21)30(34)22(27(29(33)39-30)19-6-11-23-24(15-19)32-40-31-23)12-18-13-25(36-2)28(37-3)26(14-18)38-16-17-4-5-17/h6-11,13-15,17,34H,4-5,12,16H2,1-3H3. The van der Waals surface area contributed by atoms with Crippen LogP contribution < -0.4 is 18.9 Å². The lowest BCUT2D eigenvalue weighted by molar-refractivity contribution is -0.185. The van der Waals surface area contributed by atoms with Crippen LogP contribution >= 0.6 is 11.7 Å². The van der Waals surface area contributed by atoms with Gasteiger partial charge >= 0.3 is 5.97 Å². The Morgan fingerprint density at radius 1 is 0.950 bits per heavy atom. The number of fused-ring (bicyclic) bond motifs is 1. The zero-order chi connectivity index (χ0) is 27.9. The van der Waals surface area contributed by atoms with Gasteiger partial charge in [-0.3, -0.25) is 0 Å². The lowest BCUT2D eigenvalue weighted by Crippen LogP contribution is -2.29. The largest absolute Gasteiger partial charge is 0.497 e. The number of hydrogen-bond acceptors (Lipinski definition) is 10. The van der Waals surface area contributed by atoms with Crippen LogP contribution in [0.1, 0.15) is 29.5 Å². The topological polar surface area (TPSA) is 109 Å². The smallest absolute Gasteiger partial charge is 0.342 e. The first-order valence-corrected chi connectivity index (χ1v) is 13.6. The van der Waals surface area contributed by atoms with Crippen molar-refractivity contribution in [3.8, 4) is 23.0 Å². The molecule has 0 bridgehead atoms. The second kappa shape index (κ2) is 10.4. The van der Waals surface area contributed by atoms with Crippen LogP contribution in [-0.4, -0.2) is 47.8 Å². The molecule has 1 aliphatic heterocycles. The summed E-state index contributed by atoms with van der Waals surface area (Å²) in [6.07, 6.45) is 2.45. The second-order valence-electron chi connectivity index (χ2n) is 9.84. The highest BCUT2D eigenvalue weighted by atomic mass is 32.1. The Bertz CT molecular complexity index is 1610. The fourth-order valence-electron chi connectivity index (χ4n) is 4.92. The average molecular weight is 561 g/mol. The van der Waals surface area contributed by atoms with Crippen LogP contribution in [0.25, 0.3) is 16.6 Å². The van der Waals surface area contributed by atoms with E-state index in [1.165, 1.54) is 0 Å². The van der Waals surface area contributed by atoms with Gasteiger partial charge in [-0.15, -0.1) is 0 Å². The highest BCUT2D eigenvalue weighted by Gasteiger charge is 2.48. The predicted molar refractivity (Wildman–Crippen MR) is 149 cm³/mol. The molecule has 0 amide bonds. The summed E-state index contributed by atoms with van der Waals surface area (Å²) in [5.41, 5.74) is 3.75.